The van der Waals surface area contributed by atoms with E-state index in [9.17, 15) is 9.59 Å². The van der Waals surface area contributed by atoms with E-state index in [1.807, 2.05) is 31.3 Å². The van der Waals surface area contributed by atoms with Gasteiger partial charge in [-0.2, -0.15) is 0 Å². The molecule has 21 heavy (non-hydrogen) atoms. The summed E-state index contributed by atoms with van der Waals surface area (Å²) < 4.78 is 0.992. The van der Waals surface area contributed by atoms with Gasteiger partial charge in [-0.15, -0.1) is 6.42 Å². The molecule has 4 nitrogen and oxygen atoms in total. The standard InChI is InChI=1S/C16H15BrN2O2/c1-3-8-19-15(20)12-9-18(2)14(13(12)16(19)21)10-4-6-11(17)7-5-10/h1,4-7,12-14H,8-9H2,2H3/t12-,13-,14-/m0/s1. The summed E-state index contributed by atoms with van der Waals surface area (Å²) in [5, 5.41) is 0. The molecule has 108 valence electrons. The fourth-order valence-corrected chi connectivity index (χ4v) is 3.69. The van der Waals surface area contributed by atoms with E-state index in [1.54, 1.807) is 0 Å². The Morgan fingerprint density at radius 3 is 2.57 bits per heavy atom. The van der Waals surface area contributed by atoms with Gasteiger partial charge in [-0.3, -0.25) is 19.4 Å². The lowest BCUT2D eigenvalue weighted by atomic mass is 9.89. The number of terminal acetylenes is 1. The number of fused-ring (bicyclic) bond motifs is 1. The van der Waals surface area contributed by atoms with Crippen molar-refractivity contribution in [1.82, 2.24) is 9.80 Å². The number of amides is 2. The van der Waals surface area contributed by atoms with Crippen molar-refractivity contribution >= 4 is 27.7 Å². The molecule has 0 unspecified atom stereocenters. The molecule has 3 rings (SSSR count). The summed E-state index contributed by atoms with van der Waals surface area (Å²) in [5.74, 6) is 1.53. The van der Waals surface area contributed by atoms with Crippen molar-refractivity contribution < 1.29 is 9.59 Å². The summed E-state index contributed by atoms with van der Waals surface area (Å²) in [7, 11) is 1.96. The van der Waals surface area contributed by atoms with E-state index in [-0.39, 0.29) is 36.2 Å². The third-order valence-electron chi connectivity index (χ3n) is 4.33. The van der Waals surface area contributed by atoms with Crippen LogP contribution in [-0.4, -0.2) is 41.8 Å². The van der Waals surface area contributed by atoms with Crippen LogP contribution in [0.15, 0.2) is 28.7 Å². The number of hydrogen-bond donors (Lipinski definition) is 0. The van der Waals surface area contributed by atoms with Gasteiger partial charge >= 0.3 is 0 Å². The maximum absolute atomic E-state index is 12.6. The van der Waals surface area contributed by atoms with E-state index in [0.717, 1.165) is 10.0 Å². The van der Waals surface area contributed by atoms with Crippen LogP contribution in [0.4, 0.5) is 0 Å². The normalized spacial score (nSPS) is 28.8. The molecule has 0 bridgehead atoms. The van der Waals surface area contributed by atoms with E-state index >= 15 is 0 Å². The first-order valence-corrected chi connectivity index (χ1v) is 7.58. The Morgan fingerprint density at radius 2 is 1.95 bits per heavy atom. The minimum Gasteiger partial charge on any atom is -0.298 e. The third-order valence-corrected chi connectivity index (χ3v) is 4.86. The van der Waals surface area contributed by atoms with Crippen LogP contribution >= 0.6 is 15.9 Å². The van der Waals surface area contributed by atoms with E-state index in [1.165, 1.54) is 4.90 Å². The van der Waals surface area contributed by atoms with Crippen LogP contribution in [0.3, 0.4) is 0 Å². The summed E-state index contributed by atoms with van der Waals surface area (Å²) >= 11 is 3.41. The van der Waals surface area contributed by atoms with Crippen molar-refractivity contribution in [1.29, 1.82) is 0 Å². The minimum absolute atomic E-state index is 0.0673. The SMILES string of the molecule is C#CCN1C(=O)[C@H]2[C@H](CN(C)[C@H]2c2ccc(Br)cc2)C1=O. The summed E-state index contributed by atoms with van der Waals surface area (Å²) in [6.45, 7) is 0.665. The first-order chi connectivity index (χ1) is 10.0. The average Bonchev–Trinajstić information content (AvgIpc) is 2.91. The number of rotatable bonds is 2. The summed E-state index contributed by atoms with van der Waals surface area (Å²) in [6.07, 6.45) is 5.26. The Kier molecular flexibility index (Phi) is 3.60. The van der Waals surface area contributed by atoms with Gasteiger partial charge in [0.1, 0.15) is 0 Å². The predicted molar refractivity (Wildman–Crippen MR) is 82.0 cm³/mol. The van der Waals surface area contributed by atoms with Gasteiger partial charge in [-0.05, 0) is 24.7 Å². The molecular formula is C16H15BrN2O2. The van der Waals surface area contributed by atoms with Crippen molar-refractivity contribution in [3.8, 4) is 12.3 Å². The molecule has 2 fully saturated rings. The zero-order valence-corrected chi connectivity index (χ0v) is 13.2. The molecule has 2 heterocycles. The molecule has 0 spiro atoms. The molecule has 1 aromatic rings. The van der Waals surface area contributed by atoms with Crippen LogP contribution in [0.2, 0.25) is 0 Å². The molecule has 0 saturated carbocycles. The van der Waals surface area contributed by atoms with Gasteiger partial charge in [0.2, 0.25) is 11.8 Å². The lowest BCUT2D eigenvalue weighted by Gasteiger charge is -2.25. The van der Waals surface area contributed by atoms with Gasteiger partial charge < -0.3 is 0 Å². The van der Waals surface area contributed by atoms with Crippen LogP contribution in [0.25, 0.3) is 0 Å². The summed E-state index contributed by atoms with van der Waals surface area (Å²) in [6, 6.07) is 7.83. The Labute approximate surface area is 132 Å². The molecule has 2 amide bonds. The highest BCUT2D eigenvalue weighted by Crippen LogP contribution is 2.45. The second kappa shape index (κ2) is 5.28. The number of nitrogens with zero attached hydrogens (tertiary/aromatic N) is 2. The van der Waals surface area contributed by atoms with Gasteiger partial charge in [-0.25, -0.2) is 0 Å². The fraction of sp³-hybridized carbons (Fsp3) is 0.375. The highest BCUT2D eigenvalue weighted by molar-refractivity contribution is 9.10. The molecular weight excluding hydrogens is 332 g/mol. The predicted octanol–water partition coefficient (Wildman–Crippen LogP) is 1.67. The van der Waals surface area contributed by atoms with Crippen LogP contribution in [0, 0.1) is 24.2 Å². The van der Waals surface area contributed by atoms with Gasteiger partial charge in [0.05, 0.1) is 18.4 Å². The summed E-state index contributed by atoms with van der Waals surface area (Å²) in [5.41, 5.74) is 1.05. The maximum Gasteiger partial charge on any atom is 0.235 e. The number of carbonyl (C=O) groups is 2. The molecule has 0 aromatic heterocycles. The van der Waals surface area contributed by atoms with Crippen LogP contribution in [0.5, 0.6) is 0 Å². The van der Waals surface area contributed by atoms with Crippen LogP contribution < -0.4 is 0 Å². The van der Waals surface area contributed by atoms with E-state index in [2.05, 4.69) is 26.8 Å². The number of hydrogen-bond acceptors (Lipinski definition) is 3. The van der Waals surface area contributed by atoms with Gasteiger partial charge in [0.25, 0.3) is 0 Å². The molecule has 1 aromatic carbocycles. The second-order valence-electron chi connectivity index (χ2n) is 5.53. The molecule has 5 heteroatoms. The Morgan fingerprint density at radius 1 is 1.29 bits per heavy atom. The van der Waals surface area contributed by atoms with Crippen molar-refractivity contribution in [3.63, 3.8) is 0 Å². The molecule has 3 atom stereocenters. The molecule has 2 aliphatic rings. The molecule has 0 radical (unpaired) electrons. The van der Waals surface area contributed by atoms with Gasteiger partial charge in [-0.1, -0.05) is 34.0 Å². The number of carbonyl (C=O) groups excluding carboxylic acids is 2. The van der Waals surface area contributed by atoms with Crippen molar-refractivity contribution in [2.24, 2.45) is 11.8 Å². The maximum atomic E-state index is 12.6. The van der Waals surface area contributed by atoms with Gasteiger partial charge in [0, 0.05) is 17.1 Å². The average molecular weight is 347 g/mol. The van der Waals surface area contributed by atoms with Crippen molar-refractivity contribution in [2.45, 2.75) is 6.04 Å². The molecule has 0 aliphatic carbocycles. The third kappa shape index (κ3) is 2.19. The Balaban J connectivity index is 1.96. The number of likely N-dealkylation sites (tertiary alicyclic amines) is 2. The zero-order valence-electron chi connectivity index (χ0n) is 11.6. The second-order valence-corrected chi connectivity index (χ2v) is 6.45. The lowest BCUT2D eigenvalue weighted by Crippen LogP contribution is -2.36. The van der Waals surface area contributed by atoms with Gasteiger partial charge in [0.15, 0.2) is 0 Å². The first-order valence-electron chi connectivity index (χ1n) is 6.79. The zero-order chi connectivity index (χ0) is 15.1. The van der Waals surface area contributed by atoms with Crippen LogP contribution in [0.1, 0.15) is 11.6 Å². The summed E-state index contributed by atoms with van der Waals surface area (Å²) in [4.78, 5) is 28.2. The monoisotopic (exact) mass is 346 g/mol. The number of imide groups is 1. The largest absolute Gasteiger partial charge is 0.298 e. The highest BCUT2D eigenvalue weighted by Gasteiger charge is 2.56. The fourth-order valence-electron chi connectivity index (χ4n) is 3.43. The molecule has 2 saturated heterocycles. The highest BCUT2D eigenvalue weighted by atomic mass is 79.9. The Hall–Kier alpha value is -1.64. The molecule has 2 aliphatic heterocycles. The minimum atomic E-state index is -0.322. The lowest BCUT2D eigenvalue weighted by molar-refractivity contribution is -0.140. The number of halogens is 1. The first kappa shape index (κ1) is 14.3. The topological polar surface area (TPSA) is 40.6 Å². The quantitative estimate of drug-likeness (QED) is 0.604. The molecule has 0 N–H and O–H groups in total. The van der Waals surface area contributed by atoms with E-state index in [0.29, 0.717) is 6.54 Å². The Bertz CT molecular complexity index is 635. The van der Waals surface area contributed by atoms with E-state index in [4.69, 9.17) is 6.42 Å². The van der Waals surface area contributed by atoms with Crippen molar-refractivity contribution in [2.75, 3.05) is 20.1 Å². The van der Waals surface area contributed by atoms with Crippen LogP contribution in [-0.2, 0) is 9.59 Å². The van der Waals surface area contributed by atoms with E-state index < -0.39 is 0 Å². The van der Waals surface area contributed by atoms with Crippen molar-refractivity contribution in [3.05, 3.63) is 34.3 Å². The smallest absolute Gasteiger partial charge is 0.235 e. The number of benzene rings is 1.